The maximum absolute atomic E-state index is 6.12. The van der Waals surface area contributed by atoms with E-state index in [-0.39, 0.29) is 0 Å². The van der Waals surface area contributed by atoms with Crippen LogP contribution in [0.3, 0.4) is 0 Å². The Balaban J connectivity index is 1.62. The van der Waals surface area contributed by atoms with Crippen molar-refractivity contribution in [3.63, 3.8) is 0 Å². The lowest BCUT2D eigenvalue weighted by molar-refractivity contribution is 0.0116. The number of fused-ring (bicyclic) bond motifs is 1. The zero-order valence-electron chi connectivity index (χ0n) is 12.3. The monoisotopic (exact) mass is 283 g/mol. The summed E-state index contributed by atoms with van der Waals surface area (Å²) in [5, 5.41) is 0. The van der Waals surface area contributed by atoms with Gasteiger partial charge in [-0.1, -0.05) is 0 Å². The molecular formula is C15H29N3S. The lowest BCUT2D eigenvalue weighted by atomic mass is 9.82. The number of nitrogens with zero attached hydrogens (tertiary/aromatic N) is 2. The van der Waals surface area contributed by atoms with Crippen molar-refractivity contribution in [3.8, 4) is 0 Å². The molecule has 0 bridgehead atoms. The fourth-order valence-electron chi connectivity index (χ4n) is 4.48. The van der Waals surface area contributed by atoms with Gasteiger partial charge in [-0.25, -0.2) is 0 Å². The number of piperidine rings is 2. The largest absolute Gasteiger partial charge is 0.329 e. The molecule has 3 aliphatic rings. The Kier molecular flexibility index (Phi) is 4.73. The second-order valence-corrected chi connectivity index (χ2v) is 7.81. The summed E-state index contributed by atoms with van der Waals surface area (Å²) in [6.45, 7) is 4.74. The first kappa shape index (κ1) is 14.2. The average Bonchev–Trinajstić information content (AvgIpc) is 2.94. The Bertz CT molecular complexity index is 293. The van der Waals surface area contributed by atoms with E-state index in [1.807, 2.05) is 0 Å². The van der Waals surface area contributed by atoms with Crippen LogP contribution in [0.4, 0.5) is 0 Å². The highest BCUT2D eigenvalue weighted by Gasteiger charge is 2.38. The third-order valence-corrected chi connectivity index (χ3v) is 6.78. The van der Waals surface area contributed by atoms with Crippen molar-refractivity contribution < 1.29 is 0 Å². The molecule has 4 atom stereocenters. The van der Waals surface area contributed by atoms with Gasteiger partial charge >= 0.3 is 0 Å². The van der Waals surface area contributed by atoms with Crippen molar-refractivity contribution in [2.24, 2.45) is 17.6 Å². The minimum absolute atomic E-state index is 0.656. The number of hydrogen-bond donors (Lipinski definition) is 1. The highest BCUT2D eigenvalue weighted by molar-refractivity contribution is 7.99. The second-order valence-electron chi connectivity index (χ2n) is 6.66. The molecule has 3 heterocycles. The lowest BCUT2D eigenvalue weighted by Crippen LogP contribution is -2.57. The number of thioether (sulfide) groups is 1. The molecular weight excluding hydrogens is 254 g/mol. The predicted octanol–water partition coefficient (Wildman–Crippen LogP) is 1.48. The number of likely N-dealkylation sites (tertiary alicyclic amines) is 2. The van der Waals surface area contributed by atoms with E-state index in [0.29, 0.717) is 6.04 Å². The maximum Gasteiger partial charge on any atom is 0.0254 e. The summed E-state index contributed by atoms with van der Waals surface area (Å²) in [4.78, 5) is 5.35. The normalized spacial score (nSPS) is 39.2. The predicted molar refractivity (Wildman–Crippen MR) is 83.6 cm³/mol. The minimum atomic E-state index is 0.656. The third-order valence-electron chi connectivity index (χ3n) is 5.60. The van der Waals surface area contributed by atoms with Gasteiger partial charge in [-0.2, -0.15) is 11.8 Å². The van der Waals surface area contributed by atoms with E-state index in [1.54, 1.807) is 0 Å². The molecule has 2 N–H and O–H groups in total. The molecule has 0 aliphatic carbocycles. The van der Waals surface area contributed by atoms with Crippen molar-refractivity contribution >= 4 is 11.8 Å². The van der Waals surface area contributed by atoms with E-state index in [4.69, 9.17) is 5.73 Å². The quantitative estimate of drug-likeness (QED) is 0.850. The van der Waals surface area contributed by atoms with Gasteiger partial charge in [0.05, 0.1) is 0 Å². The Hall–Kier alpha value is 0.230. The van der Waals surface area contributed by atoms with Crippen LogP contribution in [0, 0.1) is 11.8 Å². The van der Waals surface area contributed by atoms with Gasteiger partial charge in [0.15, 0.2) is 0 Å². The standard InChI is InChI=1S/C15H29N3S/c1-17-6-2-3-12-10-18(7-4-14(12)17)15(9-16)13-5-8-19-11-13/h12-15H,2-11,16H2,1H3. The van der Waals surface area contributed by atoms with Crippen LogP contribution in [0.5, 0.6) is 0 Å². The second kappa shape index (κ2) is 6.33. The van der Waals surface area contributed by atoms with Crippen LogP contribution < -0.4 is 5.73 Å². The molecule has 3 fully saturated rings. The number of rotatable bonds is 3. The van der Waals surface area contributed by atoms with Gasteiger partial charge in [0, 0.05) is 31.7 Å². The molecule has 0 saturated carbocycles. The summed E-state index contributed by atoms with van der Waals surface area (Å²) < 4.78 is 0. The first-order valence-electron chi connectivity index (χ1n) is 8.01. The Morgan fingerprint density at radius 3 is 2.89 bits per heavy atom. The molecule has 0 radical (unpaired) electrons. The van der Waals surface area contributed by atoms with Crippen LogP contribution in [0.2, 0.25) is 0 Å². The van der Waals surface area contributed by atoms with Crippen molar-refractivity contribution in [3.05, 3.63) is 0 Å². The Morgan fingerprint density at radius 2 is 2.16 bits per heavy atom. The van der Waals surface area contributed by atoms with Crippen molar-refractivity contribution in [2.75, 3.05) is 44.7 Å². The summed E-state index contributed by atoms with van der Waals surface area (Å²) in [5.41, 5.74) is 6.12. The summed E-state index contributed by atoms with van der Waals surface area (Å²) >= 11 is 2.12. The van der Waals surface area contributed by atoms with Crippen molar-refractivity contribution in [2.45, 2.75) is 37.8 Å². The SMILES string of the molecule is CN1CCCC2CN(C(CN)C3CCSC3)CCC21. The molecule has 0 amide bonds. The van der Waals surface area contributed by atoms with E-state index in [9.17, 15) is 0 Å². The molecule has 3 rings (SSSR count). The molecule has 3 nitrogen and oxygen atoms in total. The summed E-state index contributed by atoms with van der Waals surface area (Å²) in [6.07, 6.45) is 5.56. The van der Waals surface area contributed by atoms with E-state index < -0.39 is 0 Å². The van der Waals surface area contributed by atoms with Gasteiger partial charge in [0.25, 0.3) is 0 Å². The zero-order chi connectivity index (χ0) is 13.2. The van der Waals surface area contributed by atoms with Crippen molar-refractivity contribution in [1.82, 2.24) is 9.80 Å². The van der Waals surface area contributed by atoms with Crippen LogP contribution in [-0.4, -0.2) is 66.6 Å². The molecule has 3 aliphatic heterocycles. The van der Waals surface area contributed by atoms with Gasteiger partial charge < -0.3 is 10.6 Å². The molecule has 3 saturated heterocycles. The van der Waals surface area contributed by atoms with E-state index in [2.05, 4.69) is 28.6 Å². The molecule has 0 spiro atoms. The van der Waals surface area contributed by atoms with Crippen LogP contribution in [0.1, 0.15) is 25.7 Å². The summed E-state index contributed by atoms with van der Waals surface area (Å²) in [6, 6.07) is 1.50. The summed E-state index contributed by atoms with van der Waals surface area (Å²) in [5.74, 6) is 4.44. The highest BCUT2D eigenvalue weighted by atomic mass is 32.2. The molecule has 0 aromatic carbocycles. The molecule has 4 unspecified atom stereocenters. The minimum Gasteiger partial charge on any atom is -0.329 e. The zero-order valence-corrected chi connectivity index (χ0v) is 13.1. The fourth-order valence-corrected chi connectivity index (χ4v) is 5.81. The Morgan fingerprint density at radius 1 is 1.26 bits per heavy atom. The van der Waals surface area contributed by atoms with E-state index in [1.165, 1.54) is 56.8 Å². The molecule has 4 heteroatoms. The van der Waals surface area contributed by atoms with Gasteiger partial charge in [-0.05, 0) is 62.6 Å². The van der Waals surface area contributed by atoms with Gasteiger partial charge in [0.2, 0.25) is 0 Å². The summed E-state index contributed by atoms with van der Waals surface area (Å²) in [7, 11) is 2.32. The first-order valence-corrected chi connectivity index (χ1v) is 9.17. The van der Waals surface area contributed by atoms with E-state index in [0.717, 1.165) is 24.4 Å². The first-order chi connectivity index (χ1) is 9.29. The highest BCUT2D eigenvalue weighted by Crippen LogP contribution is 2.34. The Labute approximate surface area is 122 Å². The van der Waals surface area contributed by atoms with Crippen LogP contribution in [-0.2, 0) is 0 Å². The average molecular weight is 283 g/mol. The fraction of sp³-hybridized carbons (Fsp3) is 1.00. The van der Waals surface area contributed by atoms with Gasteiger partial charge in [-0.15, -0.1) is 0 Å². The van der Waals surface area contributed by atoms with Crippen molar-refractivity contribution in [1.29, 1.82) is 0 Å². The van der Waals surface area contributed by atoms with Gasteiger partial charge in [0.1, 0.15) is 0 Å². The molecule has 19 heavy (non-hydrogen) atoms. The van der Waals surface area contributed by atoms with Crippen LogP contribution in [0.25, 0.3) is 0 Å². The van der Waals surface area contributed by atoms with Crippen LogP contribution in [0.15, 0.2) is 0 Å². The molecule has 0 aromatic heterocycles. The lowest BCUT2D eigenvalue weighted by Gasteiger charge is -2.48. The van der Waals surface area contributed by atoms with E-state index >= 15 is 0 Å². The number of hydrogen-bond acceptors (Lipinski definition) is 4. The number of nitrogens with two attached hydrogens (primary N) is 1. The third kappa shape index (κ3) is 2.97. The maximum atomic E-state index is 6.12. The molecule has 0 aromatic rings. The van der Waals surface area contributed by atoms with Gasteiger partial charge in [-0.3, -0.25) is 4.90 Å². The van der Waals surface area contributed by atoms with Crippen LogP contribution >= 0.6 is 11.8 Å². The molecule has 110 valence electrons. The topological polar surface area (TPSA) is 32.5 Å². The smallest absolute Gasteiger partial charge is 0.0254 e.